The van der Waals surface area contributed by atoms with E-state index < -0.39 is 38.6 Å². The van der Waals surface area contributed by atoms with E-state index in [-0.39, 0.29) is 25.3 Å². The molecule has 0 amide bonds. The fourth-order valence-corrected chi connectivity index (χ4v) is 2.73. The predicted octanol–water partition coefficient (Wildman–Crippen LogP) is 3.14. The van der Waals surface area contributed by atoms with Gasteiger partial charge in [0.1, 0.15) is 0 Å². The van der Waals surface area contributed by atoms with Crippen LogP contribution in [0.25, 0.3) is 0 Å². The summed E-state index contributed by atoms with van der Waals surface area (Å²) in [6.07, 6.45) is -5.69. The second kappa shape index (κ2) is 6.23. The summed E-state index contributed by atoms with van der Waals surface area (Å²) in [6, 6.07) is 0.653. The Hall–Kier alpha value is -2.43. The summed E-state index contributed by atoms with van der Waals surface area (Å²) >= 11 is 0. The third kappa shape index (κ3) is 3.55. The normalized spacial score (nSPS) is 21.6. The number of morpholine rings is 1. The van der Waals surface area contributed by atoms with Gasteiger partial charge in [-0.25, -0.2) is 0 Å². The lowest BCUT2D eigenvalue weighted by Gasteiger charge is -2.36. The van der Waals surface area contributed by atoms with Gasteiger partial charge >= 0.3 is 6.18 Å². The van der Waals surface area contributed by atoms with E-state index in [1.54, 1.807) is 13.8 Å². The summed E-state index contributed by atoms with van der Waals surface area (Å²) in [5.41, 5.74) is -3.75. The third-order valence-electron chi connectivity index (χ3n) is 3.53. The number of alkyl halides is 3. The average molecular weight is 349 g/mol. The molecule has 1 heterocycles. The molecule has 1 aliphatic rings. The predicted molar refractivity (Wildman–Crippen MR) is 77.0 cm³/mol. The minimum absolute atomic E-state index is 0.0946. The van der Waals surface area contributed by atoms with E-state index in [2.05, 4.69) is 0 Å². The minimum atomic E-state index is -4.93. The number of hydrogen-bond acceptors (Lipinski definition) is 6. The Bertz CT molecular complexity index is 634. The summed E-state index contributed by atoms with van der Waals surface area (Å²) in [5, 5.41) is 22.5. The Morgan fingerprint density at radius 3 is 1.83 bits per heavy atom. The number of ether oxygens (including phenoxy) is 1. The molecule has 24 heavy (non-hydrogen) atoms. The molecule has 0 spiro atoms. The fraction of sp³-hybridized carbons (Fsp3) is 0.538. The Morgan fingerprint density at radius 2 is 1.50 bits per heavy atom. The van der Waals surface area contributed by atoms with E-state index in [4.69, 9.17) is 4.74 Å². The zero-order valence-electron chi connectivity index (χ0n) is 12.7. The topological polar surface area (TPSA) is 98.8 Å². The second-order valence-corrected chi connectivity index (χ2v) is 5.54. The van der Waals surface area contributed by atoms with Crippen molar-refractivity contribution in [1.82, 2.24) is 0 Å². The van der Waals surface area contributed by atoms with Crippen LogP contribution in [0.1, 0.15) is 19.4 Å². The van der Waals surface area contributed by atoms with Crippen molar-refractivity contribution in [1.29, 1.82) is 0 Å². The number of benzene rings is 1. The highest BCUT2D eigenvalue weighted by molar-refractivity contribution is 5.76. The highest BCUT2D eigenvalue weighted by Gasteiger charge is 2.40. The maximum atomic E-state index is 12.9. The molecule has 0 saturated carbocycles. The lowest BCUT2D eigenvalue weighted by atomic mass is 10.1. The molecule has 0 unspecified atom stereocenters. The van der Waals surface area contributed by atoms with E-state index in [1.807, 2.05) is 0 Å². The molecule has 0 aliphatic carbocycles. The van der Waals surface area contributed by atoms with Gasteiger partial charge in [0.15, 0.2) is 5.69 Å². The summed E-state index contributed by atoms with van der Waals surface area (Å²) in [5.74, 6) is 0. The van der Waals surface area contributed by atoms with Crippen LogP contribution in [-0.4, -0.2) is 35.1 Å². The van der Waals surface area contributed by atoms with Crippen LogP contribution < -0.4 is 4.90 Å². The SMILES string of the molecule is C[C@@H]1CN(c2c([N+](=O)[O-])cc(C(F)(F)F)cc2[N+](=O)[O-])C[C@@H](C)O1. The Balaban J connectivity index is 2.68. The molecule has 1 aromatic carbocycles. The number of nitro groups is 2. The largest absolute Gasteiger partial charge is 0.416 e. The summed E-state index contributed by atoms with van der Waals surface area (Å²) < 4.78 is 44.1. The Kier molecular flexibility index (Phi) is 4.65. The molecule has 2 atom stereocenters. The van der Waals surface area contributed by atoms with Gasteiger partial charge in [-0.05, 0) is 13.8 Å². The molecule has 0 aromatic heterocycles. The van der Waals surface area contributed by atoms with Gasteiger partial charge in [-0.1, -0.05) is 0 Å². The van der Waals surface area contributed by atoms with E-state index in [9.17, 15) is 33.4 Å². The number of halogens is 3. The number of nitro benzene ring substituents is 2. The van der Waals surface area contributed by atoms with Crippen molar-refractivity contribution < 1.29 is 27.8 Å². The second-order valence-electron chi connectivity index (χ2n) is 5.54. The number of anilines is 1. The first kappa shape index (κ1) is 17.9. The Morgan fingerprint density at radius 1 is 1.08 bits per heavy atom. The molecule has 1 fully saturated rings. The molecule has 132 valence electrons. The van der Waals surface area contributed by atoms with E-state index in [1.165, 1.54) is 4.90 Å². The van der Waals surface area contributed by atoms with Crippen molar-refractivity contribution in [2.24, 2.45) is 0 Å². The van der Waals surface area contributed by atoms with Gasteiger partial charge in [0.2, 0.25) is 0 Å². The molecule has 0 radical (unpaired) electrons. The lowest BCUT2D eigenvalue weighted by molar-refractivity contribution is -0.393. The van der Waals surface area contributed by atoms with Crippen LogP contribution in [0.2, 0.25) is 0 Å². The molecule has 1 aliphatic heterocycles. The average Bonchev–Trinajstić information content (AvgIpc) is 2.43. The number of rotatable bonds is 3. The first-order valence-corrected chi connectivity index (χ1v) is 6.95. The zero-order valence-corrected chi connectivity index (χ0v) is 12.7. The summed E-state index contributed by atoms with van der Waals surface area (Å²) in [4.78, 5) is 21.7. The first-order valence-electron chi connectivity index (χ1n) is 6.95. The molecule has 8 nitrogen and oxygen atoms in total. The van der Waals surface area contributed by atoms with Crippen LogP contribution in [0.5, 0.6) is 0 Å². The van der Waals surface area contributed by atoms with Gasteiger partial charge in [-0.2, -0.15) is 13.2 Å². The number of hydrogen-bond donors (Lipinski definition) is 0. The standard InChI is InChI=1S/C13H14F3N3O5/c1-7-5-17(6-8(2)24-7)12-10(18(20)21)3-9(13(14,15)16)4-11(12)19(22)23/h3-4,7-8H,5-6H2,1-2H3/t7-,8-/m1/s1. The quantitative estimate of drug-likeness (QED) is 0.614. The molecular weight excluding hydrogens is 335 g/mol. The van der Waals surface area contributed by atoms with Crippen LogP contribution in [0.3, 0.4) is 0 Å². The van der Waals surface area contributed by atoms with Crippen LogP contribution in [0, 0.1) is 20.2 Å². The van der Waals surface area contributed by atoms with Crippen molar-refractivity contribution in [2.45, 2.75) is 32.2 Å². The molecule has 2 rings (SSSR count). The van der Waals surface area contributed by atoms with Crippen LogP contribution in [0.15, 0.2) is 12.1 Å². The van der Waals surface area contributed by atoms with Gasteiger partial charge in [0, 0.05) is 25.2 Å². The van der Waals surface area contributed by atoms with Gasteiger partial charge in [-0.3, -0.25) is 20.2 Å². The van der Waals surface area contributed by atoms with Crippen LogP contribution in [-0.2, 0) is 10.9 Å². The zero-order chi connectivity index (χ0) is 18.2. The van der Waals surface area contributed by atoms with Crippen molar-refractivity contribution in [2.75, 3.05) is 18.0 Å². The first-order chi connectivity index (χ1) is 11.0. The lowest BCUT2D eigenvalue weighted by Crippen LogP contribution is -2.46. The van der Waals surface area contributed by atoms with Crippen LogP contribution >= 0.6 is 0 Å². The van der Waals surface area contributed by atoms with E-state index >= 15 is 0 Å². The molecular formula is C13H14F3N3O5. The van der Waals surface area contributed by atoms with E-state index in [0.717, 1.165) is 0 Å². The summed E-state index contributed by atoms with van der Waals surface area (Å²) in [7, 11) is 0. The number of nitrogens with zero attached hydrogens (tertiary/aromatic N) is 3. The fourth-order valence-electron chi connectivity index (χ4n) is 2.73. The van der Waals surface area contributed by atoms with Crippen molar-refractivity contribution >= 4 is 17.1 Å². The van der Waals surface area contributed by atoms with Gasteiger partial charge in [0.25, 0.3) is 11.4 Å². The maximum Gasteiger partial charge on any atom is 0.416 e. The highest BCUT2D eigenvalue weighted by atomic mass is 19.4. The molecule has 0 N–H and O–H groups in total. The van der Waals surface area contributed by atoms with Gasteiger partial charge in [0.05, 0.1) is 27.6 Å². The van der Waals surface area contributed by atoms with Crippen LogP contribution in [0.4, 0.5) is 30.2 Å². The minimum Gasteiger partial charge on any atom is -0.372 e. The maximum absolute atomic E-state index is 12.9. The smallest absolute Gasteiger partial charge is 0.372 e. The van der Waals surface area contributed by atoms with E-state index in [0.29, 0.717) is 12.1 Å². The molecule has 11 heteroatoms. The van der Waals surface area contributed by atoms with Gasteiger partial charge < -0.3 is 9.64 Å². The molecule has 0 bridgehead atoms. The third-order valence-corrected chi connectivity index (χ3v) is 3.53. The summed E-state index contributed by atoms with van der Waals surface area (Å²) in [6.45, 7) is 3.53. The molecule has 1 aromatic rings. The van der Waals surface area contributed by atoms with Crippen molar-refractivity contribution in [3.63, 3.8) is 0 Å². The van der Waals surface area contributed by atoms with Crippen molar-refractivity contribution in [3.8, 4) is 0 Å². The Labute approximate surface area is 134 Å². The highest BCUT2D eigenvalue weighted by Crippen LogP contribution is 2.43. The van der Waals surface area contributed by atoms with Gasteiger partial charge in [-0.15, -0.1) is 0 Å². The monoisotopic (exact) mass is 349 g/mol. The van der Waals surface area contributed by atoms with Crippen molar-refractivity contribution in [3.05, 3.63) is 37.9 Å². The molecule has 1 saturated heterocycles.